The molecule has 2 N–H and O–H groups in total. The Morgan fingerprint density at radius 2 is 1.97 bits per heavy atom. The number of rotatable bonds is 5. The highest BCUT2D eigenvalue weighted by Gasteiger charge is 2.39. The number of nitrogens with one attached hydrogen (secondary N) is 2. The Bertz CT molecular complexity index is 1130. The molecular weight excluding hydrogens is 450 g/mol. The van der Waals surface area contributed by atoms with Gasteiger partial charge < -0.3 is 25.0 Å². The minimum Gasteiger partial charge on any atom is -0.490 e. The summed E-state index contributed by atoms with van der Waals surface area (Å²) in [6.07, 6.45) is 2.70. The molecule has 0 bridgehead atoms. The quantitative estimate of drug-likeness (QED) is 0.676. The SMILES string of the molecule is Cc1nn(C)cc1NC(=O)C[C@@H]1CC[C@@H]2[C@H](COc3ccc(NC(=O)C(C)C)cc3C(=O)N2C)O1. The molecule has 0 saturated carbocycles. The summed E-state index contributed by atoms with van der Waals surface area (Å²) in [5, 5.41) is 9.97. The van der Waals surface area contributed by atoms with E-state index >= 15 is 0 Å². The van der Waals surface area contributed by atoms with Gasteiger partial charge in [-0.05, 0) is 38.0 Å². The van der Waals surface area contributed by atoms with Gasteiger partial charge in [0.1, 0.15) is 18.5 Å². The molecule has 2 aromatic rings. The number of nitrogens with zero attached hydrogens (tertiary/aromatic N) is 3. The summed E-state index contributed by atoms with van der Waals surface area (Å²) >= 11 is 0. The van der Waals surface area contributed by atoms with Crippen LogP contribution in [0.4, 0.5) is 11.4 Å². The Balaban J connectivity index is 1.43. The number of benzene rings is 1. The van der Waals surface area contributed by atoms with Crippen molar-refractivity contribution >= 4 is 29.1 Å². The maximum Gasteiger partial charge on any atom is 0.257 e. The van der Waals surface area contributed by atoms with Crippen molar-refractivity contribution in [3.63, 3.8) is 0 Å². The van der Waals surface area contributed by atoms with Gasteiger partial charge >= 0.3 is 0 Å². The molecule has 0 spiro atoms. The second-order valence-corrected chi connectivity index (χ2v) is 9.58. The van der Waals surface area contributed by atoms with Gasteiger partial charge in [-0.25, -0.2) is 0 Å². The van der Waals surface area contributed by atoms with Crippen molar-refractivity contribution in [3.8, 4) is 5.75 Å². The standard InChI is InChI=1S/C25H33N5O5/c1-14(2)24(32)26-16-6-9-21-18(10-16)25(33)30(5)20-8-7-17(35-22(20)13-34-21)11-23(31)27-19-12-29(4)28-15(19)3/h6,9-10,12,14,17,20,22H,7-8,11,13H2,1-5H3,(H,26,32)(H,27,31)/t17-,20+,22-/m0/s1. The third kappa shape index (κ3) is 5.48. The lowest BCUT2D eigenvalue weighted by molar-refractivity contribution is -0.130. The fourth-order valence-electron chi connectivity index (χ4n) is 4.52. The zero-order valence-corrected chi connectivity index (χ0v) is 20.8. The first-order chi connectivity index (χ1) is 16.6. The fourth-order valence-corrected chi connectivity index (χ4v) is 4.52. The minimum atomic E-state index is -0.357. The molecule has 3 amide bonds. The van der Waals surface area contributed by atoms with Crippen molar-refractivity contribution in [1.29, 1.82) is 0 Å². The van der Waals surface area contributed by atoms with E-state index in [9.17, 15) is 14.4 Å². The number of aryl methyl sites for hydroxylation is 2. The third-order valence-electron chi connectivity index (χ3n) is 6.50. The molecule has 3 heterocycles. The molecule has 1 saturated heterocycles. The highest BCUT2D eigenvalue weighted by molar-refractivity contribution is 6.00. The Morgan fingerprint density at radius 3 is 2.66 bits per heavy atom. The number of aromatic nitrogens is 2. The molecule has 2 aliphatic rings. The summed E-state index contributed by atoms with van der Waals surface area (Å²) in [4.78, 5) is 39.7. The Labute approximate surface area is 204 Å². The predicted octanol–water partition coefficient (Wildman–Crippen LogP) is 2.73. The van der Waals surface area contributed by atoms with Gasteiger partial charge in [-0.15, -0.1) is 0 Å². The molecule has 0 aliphatic carbocycles. The number of carbonyl (C=O) groups excluding carboxylic acids is 3. The van der Waals surface area contributed by atoms with E-state index in [1.54, 1.807) is 48.1 Å². The number of hydrogen-bond donors (Lipinski definition) is 2. The van der Waals surface area contributed by atoms with Crippen LogP contribution < -0.4 is 15.4 Å². The second-order valence-electron chi connectivity index (χ2n) is 9.58. The lowest BCUT2D eigenvalue weighted by Crippen LogP contribution is -2.53. The molecule has 2 aliphatic heterocycles. The number of ether oxygens (including phenoxy) is 2. The highest BCUT2D eigenvalue weighted by Crippen LogP contribution is 2.32. The van der Waals surface area contributed by atoms with Crippen LogP contribution in [0.15, 0.2) is 24.4 Å². The molecule has 4 rings (SSSR count). The molecule has 3 atom stereocenters. The fraction of sp³-hybridized carbons (Fsp3) is 0.520. The van der Waals surface area contributed by atoms with Gasteiger partial charge in [-0.2, -0.15) is 5.10 Å². The van der Waals surface area contributed by atoms with Crippen LogP contribution in [-0.2, 0) is 21.4 Å². The monoisotopic (exact) mass is 483 g/mol. The van der Waals surface area contributed by atoms with Crippen molar-refractivity contribution in [1.82, 2.24) is 14.7 Å². The van der Waals surface area contributed by atoms with Gasteiger partial charge in [0.25, 0.3) is 5.91 Å². The van der Waals surface area contributed by atoms with Crippen LogP contribution in [0, 0.1) is 12.8 Å². The van der Waals surface area contributed by atoms with Crippen molar-refractivity contribution in [2.45, 2.75) is 58.3 Å². The van der Waals surface area contributed by atoms with E-state index in [4.69, 9.17) is 9.47 Å². The number of hydrogen-bond acceptors (Lipinski definition) is 6. The Morgan fingerprint density at radius 1 is 1.20 bits per heavy atom. The lowest BCUT2D eigenvalue weighted by atomic mass is 9.94. The minimum absolute atomic E-state index is 0.118. The first kappa shape index (κ1) is 24.7. The average molecular weight is 484 g/mol. The van der Waals surface area contributed by atoms with E-state index in [1.807, 2.05) is 20.8 Å². The number of anilines is 2. The molecule has 35 heavy (non-hydrogen) atoms. The molecule has 188 valence electrons. The first-order valence-electron chi connectivity index (χ1n) is 11.9. The zero-order valence-electron chi connectivity index (χ0n) is 20.8. The van der Waals surface area contributed by atoms with E-state index in [-0.39, 0.29) is 54.9 Å². The summed E-state index contributed by atoms with van der Waals surface area (Å²) in [5.41, 5.74) is 2.40. The normalized spacial score (nSPS) is 21.9. The van der Waals surface area contributed by atoms with E-state index in [0.29, 0.717) is 35.5 Å². The Kier molecular flexibility index (Phi) is 7.11. The van der Waals surface area contributed by atoms with Crippen LogP contribution in [-0.4, -0.2) is 64.3 Å². The van der Waals surface area contributed by atoms with Gasteiger partial charge in [0, 0.05) is 31.9 Å². The maximum atomic E-state index is 13.3. The molecular formula is C25H33N5O5. The maximum absolute atomic E-state index is 13.3. The van der Waals surface area contributed by atoms with E-state index in [0.717, 1.165) is 5.69 Å². The van der Waals surface area contributed by atoms with Crippen LogP contribution in [0.25, 0.3) is 0 Å². The second kappa shape index (κ2) is 10.1. The van der Waals surface area contributed by atoms with E-state index in [1.165, 1.54) is 0 Å². The topological polar surface area (TPSA) is 115 Å². The van der Waals surface area contributed by atoms with E-state index < -0.39 is 0 Å². The first-order valence-corrected chi connectivity index (χ1v) is 11.9. The molecule has 0 radical (unpaired) electrons. The summed E-state index contributed by atoms with van der Waals surface area (Å²) in [5.74, 6) is -0.176. The largest absolute Gasteiger partial charge is 0.490 e. The number of fused-ring (bicyclic) bond motifs is 2. The van der Waals surface area contributed by atoms with Crippen molar-refractivity contribution in [2.24, 2.45) is 13.0 Å². The molecule has 1 aromatic carbocycles. The molecule has 1 fully saturated rings. The Hall–Kier alpha value is -3.40. The summed E-state index contributed by atoms with van der Waals surface area (Å²) in [7, 11) is 3.57. The van der Waals surface area contributed by atoms with Gasteiger partial charge in [0.15, 0.2) is 0 Å². The highest BCUT2D eigenvalue weighted by atomic mass is 16.5. The third-order valence-corrected chi connectivity index (χ3v) is 6.50. The summed E-state index contributed by atoms with van der Waals surface area (Å²) in [6.45, 7) is 5.72. The van der Waals surface area contributed by atoms with Crippen molar-refractivity contribution in [2.75, 3.05) is 24.3 Å². The van der Waals surface area contributed by atoms with Crippen molar-refractivity contribution in [3.05, 3.63) is 35.7 Å². The van der Waals surface area contributed by atoms with Gasteiger partial charge in [0.05, 0.1) is 35.5 Å². The van der Waals surface area contributed by atoms with Crippen LogP contribution >= 0.6 is 0 Å². The lowest BCUT2D eigenvalue weighted by Gasteiger charge is -2.42. The van der Waals surface area contributed by atoms with Gasteiger partial charge in [-0.1, -0.05) is 13.8 Å². The summed E-state index contributed by atoms with van der Waals surface area (Å²) in [6, 6.07) is 4.90. The summed E-state index contributed by atoms with van der Waals surface area (Å²) < 4.78 is 13.9. The number of likely N-dealkylation sites (N-methyl/N-ethyl adjacent to an activating group) is 1. The van der Waals surface area contributed by atoms with Gasteiger partial charge in [0.2, 0.25) is 11.8 Å². The molecule has 1 aromatic heterocycles. The molecule has 0 unspecified atom stereocenters. The number of amides is 3. The van der Waals surface area contributed by atoms with Crippen LogP contribution in [0.1, 0.15) is 49.2 Å². The average Bonchev–Trinajstić information content (AvgIpc) is 3.12. The smallest absolute Gasteiger partial charge is 0.257 e. The zero-order chi connectivity index (χ0) is 25.3. The van der Waals surface area contributed by atoms with E-state index in [2.05, 4.69) is 15.7 Å². The number of carbonyl (C=O) groups is 3. The van der Waals surface area contributed by atoms with Crippen LogP contribution in [0.3, 0.4) is 0 Å². The predicted molar refractivity (Wildman–Crippen MR) is 130 cm³/mol. The molecule has 10 heteroatoms. The van der Waals surface area contributed by atoms with Crippen LogP contribution in [0.5, 0.6) is 5.75 Å². The molecule has 10 nitrogen and oxygen atoms in total. The van der Waals surface area contributed by atoms with Crippen LogP contribution in [0.2, 0.25) is 0 Å². The van der Waals surface area contributed by atoms with Gasteiger partial charge in [-0.3, -0.25) is 19.1 Å². The van der Waals surface area contributed by atoms with Crippen molar-refractivity contribution < 1.29 is 23.9 Å².